The van der Waals surface area contributed by atoms with Crippen LogP contribution in [0, 0.1) is 0 Å². The molecule has 1 aliphatic heterocycles. The fourth-order valence-electron chi connectivity index (χ4n) is 3.27. The lowest BCUT2D eigenvalue weighted by molar-refractivity contribution is -0.120. The maximum absolute atomic E-state index is 13.1. The summed E-state index contributed by atoms with van der Waals surface area (Å²) in [5.74, 6) is 1.34. The molecule has 2 heterocycles. The van der Waals surface area contributed by atoms with Crippen molar-refractivity contribution in [3.05, 3.63) is 48.5 Å². The number of fused-ring (bicyclic) bond motifs is 1. The Bertz CT molecular complexity index is 979. The molecule has 1 saturated heterocycles. The second-order valence-corrected chi connectivity index (χ2v) is 7.94. The van der Waals surface area contributed by atoms with Crippen LogP contribution in [0.25, 0.3) is 10.2 Å². The molecule has 31 heavy (non-hydrogen) atoms. The predicted octanol–water partition coefficient (Wildman–Crippen LogP) is 3.47. The van der Waals surface area contributed by atoms with Crippen molar-refractivity contribution in [2.75, 3.05) is 58.0 Å². The fraction of sp³-hybridized carbons (Fsp3) is 0.364. The molecule has 0 bridgehead atoms. The molecule has 9 heteroatoms. The molecule has 166 valence electrons. The summed E-state index contributed by atoms with van der Waals surface area (Å²) in [5.41, 5.74) is 0.851. The summed E-state index contributed by atoms with van der Waals surface area (Å²) in [7, 11) is 1.64. The average molecular weight is 464 g/mol. The Hall–Kier alpha value is -2.39. The Balaban J connectivity index is 0.00000272. The number of nitrogens with zero attached hydrogens (tertiary/aromatic N) is 3. The number of carbonyl (C=O) groups is 1. The van der Waals surface area contributed by atoms with E-state index in [-0.39, 0.29) is 24.9 Å². The second kappa shape index (κ2) is 11.3. The smallest absolute Gasteiger partial charge is 0.266 e. The van der Waals surface area contributed by atoms with E-state index in [0.29, 0.717) is 17.4 Å². The van der Waals surface area contributed by atoms with E-state index >= 15 is 0 Å². The summed E-state index contributed by atoms with van der Waals surface area (Å²) in [4.78, 5) is 21.8. The molecule has 0 atom stereocenters. The molecule has 1 amide bonds. The second-order valence-electron chi connectivity index (χ2n) is 6.93. The van der Waals surface area contributed by atoms with Crippen molar-refractivity contribution in [3.8, 4) is 11.5 Å². The Kier molecular flexibility index (Phi) is 8.48. The summed E-state index contributed by atoms with van der Waals surface area (Å²) in [6.07, 6.45) is 0. The standard InChI is InChI=1S/C22H25N3O4S.ClH/c1-27-18-7-8-19-20(15-18)30-22(23-19)25(10-9-24-11-13-28-14-12-24)21(26)16-29-17-5-3-2-4-6-17;/h2-8,15H,9-14,16H2,1H3;1H. The van der Waals surface area contributed by atoms with Gasteiger partial charge in [0.1, 0.15) is 11.5 Å². The number of amides is 1. The SMILES string of the molecule is COc1ccc2nc(N(CCN3CCOCC3)C(=O)COc3ccccc3)sc2c1.Cl. The van der Waals surface area contributed by atoms with Gasteiger partial charge >= 0.3 is 0 Å². The van der Waals surface area contributed by atoms with Crippen molar-refractivity contribution < 1.29 is 19.0 Å². The normalized spacial score (nSPS) is 14.1. The van der Waals surface area contributed by atoms with Crippen LogP contribution >= 0.6 is 23.7 Å². The Morgan fingerprint density at radius 2 is 1.94 bits per heavy atom. The van der Waals surface area contributed by atoms with E-state index < -0.39 is 0 Å². The molecule has 0 saturated carbocycles. The third-order valence-corrected chi connectivity index (χ3v) is 6.01. The van der Waals surface area contributed by atoms with Gasteiger partial charge < -0.3 is 14.2 Å². The van der Waals surface area contributed by atoms with E-state index in [2.05, 4.69) is 4.90 Å². The molecular weight excluding hydrogens is 438 g/mol. The molecule has 0 unspecified atom stereocenters. The molecule has 0 N–H and O–H groups in total. The van der Waals surface area contributed by atoms with E-state index in [4.69, 9.17) is 19.2 Å². The quantitative estimate of drug-likeness (QED) is 0.509. The van der Waals surface area contributed by atoms with Gasteiger partial charge in [-0.15, -0.1) is 12.4 Å². The van der Waals surface area contributed by atoms with Gasteiger partial charge in [0.05, 0.1) is 30.5 Å². The van der Waals surface area contributed by atoms with Crippen LogP contribution in [0.15, 0.2) is 48.5 Å². The lowest BCUT2D eigenvalue weighted by Crippen LogP contribution is -2.44. The number of rotatable bonds is 8. The summed E-state index contributed by atoms with van der Waals surface area (Å²) >= 11 is 1.49. The number of thiazole rings is 1. The monoisotopic (exact) mass is 463 g/mol. The zero-order valence-corrected chi connectivity index (χ0v) is 19.0. The molecule has 1 fully saturated rings. The molecule has 0 aliphatic carbocycles. The lowest BCUT2D eigenvalue weighted by atomic mass is 10.3. The van der Waals surface area contributed by atoms with Gasteiger partial charge in [-0.1, -0.05) is 29.5 Å². The van der Waals surface area contributed by atoms with Gasteiger partial charge in [0, 0.05) is 26.2 Å². The molecule has 0 spiro atoms. The highest BCUT2D eigenvalue weighted by Crippen LogP contribution is 2.31. The van der Waals surface area contributed by atoms with Gasteiger partial charge in [0.25, 0.3) is 5.91 Å². The summed E-state index contributed by atoms with van der Waals surface area (Å²) in [6.45, 7) is 4.48. The fourth-order valence-corrected chi connectivity index (χ4v) is 4.31. The highest BCUT2D eigenvalue weighted by molar-refractivity contribution is 7.22. The summed E-state index contributed by atoms with van der Waals surface area (Å²) in [6, 6.07) is 15.1. The Morgan fingerprint density at radius 3 is 2.68 bits per heavy atom. The number of hydrogen-bond donors (Lipinski definition) is 0. The number of ether oxygens (including phenoxy) is 3. The van der Waals surface area contributed by atoms with Crippen molar-refractivity contribution in [1.29, 1.82) is 0 Å². The maximum atomic E-state index is 13.1. The predicted molar refractivity (Wildman–Crippen MR) is 125 cm³/mol. The van der Waals surface area contributed by atoms with E-state index in [1.807, 2.05) is 48.5 Å². The number of aromatic nitrogens is 1. The minimum absolute atomic E-state index is 0. The zero-order valence-electron chi connectivity index (χ0n) is 17.4. The molecule has 1 aromatic heterocycles. The first-order chi connectivity index (χ1) is 14.7. The summed E-state index contributed by atoms with van der Waals surface area (Å²) < 4.78 is 17.4. The third-order valence-electron chi connectivity index (χ3n) is 4.97. The molecule has 4 rings (SSSR count). The van der Waals surface area contributed by atoms with Crippen LogP contribution in [0.3, 0.4) is 0 Å². The molecular formula is C22H26ClN3O4S. The van der Waals surface area contributed by atoms with E-state index in [9.17, 15) is 4.79 Å². The first-order valence-corrected chi connectivity index (χ1v) is 10.8. The van der Waals surface area contributed by atoms with Gasteiger partial charge in [0.15, 0.2) is 11.7 Å². The zero-order chi connectivity index (χ0) is 20.8. The van der Waals surface area contributed by atoms with Crippen LogP contribution in [0.2, 0.25) is 0 Å². The number of hydrogen-bond acceptors (Lipinski definition) is 7. The minimum Gasteiger partial charge on any atom is -0.497 e. The number of anilines is 1. The van der Waals surface area contributed by atoms with Gasteiger partial charge in [-0.05, 0) is 30.3 Å². The van der Waals surface area contributed by atoms with Crippen LogP contribution in [-0.4, -0.2) is 68.9 Å². The first-order valence-electron chi connectivity index (χ1n) is 9.96. The van der Waals surface area contributed by atoms with Crippen molar-refractivity contribution in [1.82, 2.24) is 9.88 Å². The number of benzene rings is 2. The first kappa shape index (κ1) is 23.3. The van der Waals surface area contributed by atoms with E-state index in [1.54, 1.807) is 12.0 Å². The Morgan fingerprint density at radius 1 is 1.16 bits per heavy atom. The molecule has 1 aliphatic rings. The largest absolute Gasteiger partial charge is 0.497 e. The van der Waals surface area contributed by atoms with Crippen LogP contribution in [-0.2, 0) is 9.53 Å². The maximum Gasteiger partial charge on any atom is 0.266 e. The van der Waals surface area contributed by atoms with Gasteiger partial charge in [-0.2, -0.15) is 0 Å². The lowest BCUT2D eigenvalue weighted by Gasteiger charge is -2.29. The van der Waals surface area contributed by atoms with Crippen molar-refractivity contribution in [2.45, 2.75) is 0 Å². The highest BCUT2D eigenvalue weighted by Gasteiger charge is 2.22. The van der Waals surface area contributed by atoms with Gasteiger partial charge in [-0.3, -0.25) is 14.6 Å². The number of methoxy groups -OCH3 is 1. The third kappa shape index (κ3) is 6.07. The van der Waals surface area contributed by atoms with Gasteiger partial charge in [0.2, 0.25) is 0 Å². The van der Waals surface area contributed by atoms with Crippen molar-refractivity contribution >= 4 is 45.0 Å². The number of carbonyl (C=O) groups excluding carboxylic acids is 1. The van der Waals surface area contributed by atoms with Crippen LogP contribution < -0.4 is 14.4 Å². The van der Waals surface area contributed by atoms with Crippen LogP contribution in [0.5, 0.6) is 11.5 Å². The molecule has 0 radical (unpaired) electrons. The molecule has 3 aromatic rings. The van der Waals surface area contributed by atoms with Crippen molar-refractivity contribution in [3.63, 3.8) is 0 Å². The van der Waals surface area contributed by atoms with E-state index in [0.717, 1.165) is 48.8 Å². The Labute approximate surface area is 191 Å². The number of para-hydroxylation sites is 1. The van der Waals surface area contributed by atoms with Crippen LogP contribution in [0.1, 0.15) is 0 Å². The number of halogens is 1. The average Bonchev–Trinajstić information content (AvgIpc) is 3.22. The number of morpholine rings is 1. The molecule has 7 nitrogen and oxygen atoms in total. The topological polar surface area (TPSA) is 64.1 Å². The highest BCUT2D eigenvalue weighted by atomic mass is 35.5. The summed E-state index contributed by atoms with van der Waals surface area (Å²) in [5, 5.41) is 0.674. The minimum atomic E-state index is -0.113. The van der Waals surface area contributed by atoms with Crippen molar-refractivity contribution in [2.24, 2.45) is 0 Å². The molecule has 2 aromatic carbocycles. The van der Waals surface area contributed by atoms with Crippen LogP contribution in [0.4, 0.5) is 5.13 Å². The van der Waals surface area contributed by atoms with Gasteiger partial charge in [-0.25, -0.2) is 4.98 Å². The van der Waals surface area contributed by atoms with E-state index in [1.165, 1.54) is 11.3 Å².